The molecule has 0 aliphatic carbocycles. The number of aliphatic carboxylic acids is 1. The van der Waals surface area contributed by atoms with Gasteiger partial charge in [-0.1, -0.05) is 25.4 Å². The molecule has 0 unspecified atom stereocenters. The number of carbonyl (C=O) groups is 2. The summed E-state index contributed by atoms with van der Waals surface area (Å²) in [6.07, 6.45) is 0.788. The molecule has 0 spiro atoms. The predicted molar refractivity (Wildman–Crippen MR) is 79.1 cm³/mol. The summed E-state index contributed by atoms with van der Waals surface area (Å²) in [5.74, 6) is -1.53. The number of benzene rings is 1. The summed E-state index contributed by atoms with van der Waals surface area (Å²) in [5.41, 5.74) is -0.803. The van der Waals surface area contributed by atoms with Gasteiger partial charge in [-0.2, -0.15) is 0 Å². The zero-order valence-corrected chi connectivity index (χ0v) is 12.6. The number of halogens is 2. The molecule has 5 nitrogen and oxygen atoms in total. The standard InChI is InChI=1S/C14H18ClFN2O3/c1-3-14(4-2,12(19)20)8-17-13(21)18-11-6-9(15)5-10(16)7-11/h5-7H,3-4,8H2,1-2H3,(H,19,20)(H2,17,18,21). The molecule has 0 bridgehead atoms. The maximum absolute atomic E-state index is 13.1. The van der Waals surface area contributed by atoms with Crippen LogP contribution in [0.15, 0.2) is 18.2 Å². The van der Waals surface area contributed by atoms with Crippen LogP contribution in [0, 0.1) is 11.2 Å². The van der Waals surface area contributed by atoms with Gasteiger partial charge in [0.1, 0.15) is 5.82 Å². The highest BCUT2D eigenvalue weighted by molar-refractivity contribution is 6.30. The van der Waals surface area contributed by atoms with E-state index in [4.69, 9.17) is 11.6 Å². The summed E-state index contributed by atoms with van der Waals surface area (Å²) in [7, 11) is 0. The minimum Gasteiger partial charge on any atom is -0.481 e. The predicted octanol–water partition coefficient (Wildman–Crippen LogP) is 3.49. The number of rotatable bonds is 6. The maximum atomic E-state index is 13.1. The van der Waals surface area contributed by atoms with Gasteiger partial charge in [0.2, 0.25) is 0 Å². The largest absolute Gasteiger partial charge is 0.481 e. The maximum Gasteiger partial charge on any atom is 0.319 e. The highest BCUT2D eigenvalue weighted by Crippen LogP contribution is 2.25. The molecule has 21 heavy (non-hydrogen) atoms. The van der Waals surface area contributed by atoms with Crippen LogP contribution in [0.5, 0.6) is 0 Å². The first kappa shape index (κ1) is 17.2. The number of urea groups is 1. The minimum absolute atomic E-state index is 0.00971. The molecule has 7 heteroatoms. The van der Waals surface area contributed by atoms with Gasteiger partial charge in [0.25, 0.3) is 0 Å². The Balaban J connectivity index is 2.67. The Hall–Kier alpha value is -1.82. The Morgan fingerprint density at radius 3 is 2.38 bits per heavy atom. The number of carbonyl (C=O) groups excluding carboxylic acids is 1. The molecule has 2 amide bonds. The van der Waals surface area contributed by atoms with Crippen LogP contribution in [-0.2, 0) is 4.79 Å². The van der Waals surface area contributed by atoms with Gasteiger partial charge >= 0.3 is 12.0 Å². The van der Waals surface area contributed by atoms with E-state index >= 15 is 0 Å². The molecule has 0 heterocycles. The van der Waals surface area contributed by atoms with Gasteiger partial charge in [-0.15, -0.1) is 0 Å². The van der Waals surface area contributed by atoms with Gasteiger partial charge in [0.05, 0.1) is 5.41 Å². The summed E-state index contributed by atoms with van der Waals surface area (Å²) < 4.78 is 13.1. The highest BCUT2D eigenvalue weighted by Gasteiger charge is 2.35. The van der Waals surface area contributed by atoms with Crippen LogP contribution in [0.4, 0.5) is 14.9 Å². The second kappa shape index (κ2) is 7.26. The van der Waals surface area contributed by atoms with Crippen molar-refractivity contribution in [1.82, 2.24) is 5.32 Å². The van der Waals surface area contributed by atoms with Gasteiger partial charge in [-0.05, 0) is 31.0 Å². The first-order valence-corrected chi connectivity index (χ1v) is 6.95. The fraction of sp³-hybridized carbons (Fsp3) is 0.429. The van der Waals surface area contributed by atoms with Crippen LogP contribution >= 0.6 is 11.6 Å². The normalized spacial score (nSPS) is 11.0. The van der Waals surface area contributed by atoms with Crippen molar-refractivity contribution in [3.05, 3.63) is 29.0 Å². The topological polar surface area (TPSA) is 78.4 Å². The van der Waals surface area contributed by atoms with Gasteiger partial charge in [0.15, 0.2) is 0 Å². The van der Waals surface area contributed by atoms with Crippen LogP contribution < -0.4 is 10.6 Å². The average molecular weight is 317 g/mol. The molecule has 0 atom stereocenters. The Morgan fingerprint density at radius 2 is 1.90 bits per heavy atom. The molecule has 1 aromatic carbocycles. The third-order valence-electron chi connectivity index (χ3n) is 3.51. The van der Waals surface area contributed by atoms with Gasteiger partial charge < -0.3 is 15.7 Å². The number of carboxylic acid groups (broad SMARTS) is 1. The van der Waals surface area contributed by atoms with Crippen molar-refractivity contribution < 1.29 is 19.1 Å². The first-order valence-electron chi connectivity index (χ1n) is 6.57. The lowest BCUT2D eigenvalue weighted by molar-refractivity contribution is -0.149. The van der Waals surface area contributed by atoms with Crippen LogP contribution in [0.2, 0.25) is 5.02 Å². The van der Waals surface area contributed by atoms with E-state index in [1.807, 2.05) is 0 Å². The van der Waals surface area contributed by atoms with E-state index in [9.17, 15) is 19.1 Å². The summed E-state index contributed by atoms with van der Waals surface area (Å²) in [6, 6.07) is 3.03. The molecule has 0 saturated carbocycles. The van der Waals surface area contributed by atoms with Crippen LogP contribution in [-0.4, -0.2) is 23.7 Å². The smallest absolute Gasteiger partial charge is 0.319 e. The first-order chi connectivity index (χ1) is 9.82. The van der Waals surface area contributed by atoms with Gasteiger partial charge in [-0.25, -0.2) is 9.18 Å². The second-order valence-electron chi connectivity index (χ2n) is 4.76. The van der Waals surface area contributed by atoms with E-state index in [0.29, 0.717) is 12.8 Å². The number of anilines is 1. The zero-order valence-electron chi connectivity index (χ0n) is 11.9. The van der Waals surface area contributed by atoms with Crippen LogP contribution in [0.3, 0.4) is 0 Å². The molecule has 116 valence electrons. The Labute approximate surface area is 127 Å². The fourth-order valence-corrected chi connectivity index (χ4v) is 2.15. The SMILES string of the molecule is CCC(CC)(CNC(=O)Nc1cc(F)cc(Cl)c1)C(=O)O. The lowest BCUT2D eigenvalue weighted by Gasteiger charge is -2.26. The summed E-state index contributed by atoms with van der Waals surface area (Å²) in [4.78, 5) is 23.1. The quantitative estimate of drug-likeness (QED) is 0.751. The summed E-state index contributed by atoms with van der Waals surface area (Å²) in [5, 5.41) is 14.3. The van der Waals surface area contributed by atoms with Crippen LogP contribution in [0.1, 0.15) is 26.7 Å². The molecule has 0 radical (unpaired) electrons. The number of hydrogen-bond donors (Lipinski definition) is 3. The molecule has 1 rings (SSSR count). The van der Waals surface area contributed by atoms with Gasteiger partial charge in [0, 0.05) is 17.3 Å². The van der Waals surface area contributed by atoms with E-state index in [-0.39, 0.29) is 17.3 Å². The summed E-state index contributed by atoms with van der Waals surface area (Å²) in [6.45, 7) is 3.50. The van der Waals surface area contributed by atoms with Crippen LogP contribution in [0.25, 0.3) is 0 Å². The van der Waals surface area contributed by atoms with Crippen molar-refractivity contribution in [3.8, 4) is 0 Å². The van der Waals surface area contributed by atoms with Crippen molar-refractivity contribution >= 4 is 29.3 Å². The fourth-order valence-electron chi connectivity index (χ4n) is 1.93. The molecule has 1 aromatic rings. The lowest BCUT2D eigenvalue weighted by atomic mass is 9.82. The lowest BCUT2D eigenvalue weighted by Crippen LogP contribution is -2.43. The van der Waals surface area contributed by atoms with Crippen molar-refractivity contribution in [2.75, 3.05) is 11.9 Å². The average Bonchev–Trinajstić information content (AvgIpc) is 2.38. The van der Waals surface area contributed by atoms with E-state index in [1.54, 1.807) is 13.8 Å². The molecule has 0 aliphatic rings. The number of nitrogens with one attached hydrogen (secondary N) is 2. The van der Waals surface area contributed by atoms with Crippen molar-refractivity contribution in [2.24, 2.45) is 5.41 Å². The second-order valence-corrected chi connectivity index (χ2v) is 5.19. The molecule has 0 aromatic heterocycles. The molecular formula is C14H18ClFN2O3. The van der Waals surface area contributed by atoms with E-state index in [2.05, 4.69) is 10.6 Å². The summed E-state index contributed by atoms with van der Waals surface area (Å²) >= 11 is 5.68. The van der Waals surface area contributed by atoms with E-state index < -0.39 is 23.2 Å². The highest BCUT2D eigenvalue weighted by atomic mass is 35.5. The monoisotopic (exact) mass is 316 g/mol. The van der Waals surface area contributed by atoms with E-state index in [1.165, 1.54) is 6.07 Å². The minimum atomic E-state index is -1.00. The number of hydrogen-bond acceptors (Lipinski definition) is 2. The number of amides is 2. The van der Waals surface area contributed by atoms with Crippen molar-refractivity contribution in [2.45, 2.75) is 26.7 Å². The number of carboxylic acids is 1. The van der Waals surface area contributed by atoms with E-state index in [0.717, 1.165) is 12.1 Å². The Morgan fingerprint density at radius 1 is 1.29 bits per heavy atom. The molecular weight excluding hydrogens is 299 g/mol. The third kappa shape index (κ3) is 4.60. The zero-order chi connectivity index (χ0) is 16.0. The van der Waals surface area contributed by atoms with Gasteiger partial charge in [-0.3, -0.25) is 4.79 Å². The Kier molecular flexibility index (Phi) is 5.96. The molecule has 3 N–H and O–H groups in total. The molecule has 0 saturated heterocycles. The Bertz CT molecular complexity index is 513. The van der Waals surface area contributed by atoms with Crippen molar-refractivity contribution in [3.63, 3.8) is 0 Å². The molecule has 0 aliphatic heterocycles. The third-order valence-corrected chi connectivity index (χ3v) is 3.73. The van der Waals surface area contributed by atoms with Crippen molar-refractivity contribution in [1.29, 1.82) is 0 Å². The molecule has 0 fully saturated rings.